The Balaban J connectivity index is 1.97. The first kappa shape index (κ1) is 16.4. The molecular formula is C20H24N2O2. The maximum absolute atomic E-state index is 13.1. The zero-order valence-electron chi connectivity index (χ0n) is 14.5. The number of carbonyl (C=O) groups is 1. The van der Waals surface area contributed by atoms with E-state index in [1.165, 1.54) is 0 Å². The molecule has 0 saturated carbocycles. The first-order chi connectivity index (χ1) is 11.7. The van der Waals surface area contributed by atoms with Crippen molar-refractivity contribution in [2.24, 2.45) is 0 Å². The molecule has 0 aromatic heterocycles. The van der Waals surface area contributed by atoms with Gasteiger partial charge in [0.05, 0.1) is 18.0 Å². The molecule has 1 aliphatic heterocycles. The number of amides is 1. The van der Waals surface area contributed by atoms with Crippen LogP contribution in [0.1, 0.15) is 31.1 Å². The van der Waals surface area contributed by atoms with Crippen molar-refractivity contribution in [1.29, 1.82) is 0 Å². The highest BCUT2D eigenvalue weighted by atomic mass is 16.5. The normalized spacial score (nSPS) is 16.7. The summed E-state index contributed by atoms with van der Waals surface area (Å²) in [5.41, 5.74) is 2.75. The fourth-order valence-corrected chi connectivity index (χ4v) is 3.35. The Morgan fingerprint density at radius 2 is 1.88 bits per heavy atom. The SMILES string of the molecule is CCOc1cccc(C(=O)N2CC(C)N(CC)c3ccccc32)c1. The summed E-state index contributed by atoms with van der Waals surface area (Å²) in [6.07, 6.45) is 0. The summed E-state index contributed by atoms with van der Waals surface area (Å²) < 4.78 is 5.53. The van der Waals surface area contributed by atoms with Crippen molar-refractivity contribution in [3.05, 3.63) is 54.1 Å². The van der Waals surface area contributed by atoms with E-state index in [9.17, 15) is 4.79 Å². The van der Waals surface area contributed by atoms with Crippen LogP contribution in [0, 0.1) is 0 Å². The monoisotopic (exact) mass is 324 g/mol. The average molecular weight is 324 g/mol. The molecule has 1 heterocycles. The van der Waals surface area contributed by atoms with E-state index < -0.39 is 0 Å². The molecule has 0 saturated heterocycles. The topological polar surface area (TPSA) is 32.8 Å². The number of benzene rings is 2. The molecule has 0 aliphatic carbocycles. The number of anilines is 2. The van der Waals surface area contributed by atoms with E-state index in [2.05, 4.69) is 24.8 Å². The molecule has 0 fully saturated rings. The predicted octanol–water partition coefficient (Wildman–Crippen LogP) is 3.96. The van der Waals surface area contributed by atoms with Gasteiger partial charge in [-0.15, -0.1) is 0 Å². The second-order valence-electron chi connectivity index (χ2n) is 6.00. The van der Waals surface area contributed by atoms with Crippen molar-refractivity contribution in [3.8, 4) is 5.75 Å². The molecule has 4 heteroatoms. The van der Waals surface area contributed by atoms with Gasteiger partial charge in [0.2, 0.25) is 0 Å². The molecule has 1 unspecified atom stereocenters. The number of hydrogen-bond acceptors (Lipinski definition) is 3. The molecule has 1 aliphatic rings. The average Bonchev–Trinajstić information content (AvgIpc) is 2.61. The predicted molar refractivity (Wildman–Crippen MR) is 98.2 cm³/mol. The molecule has 0 N–H and O–H groups in total. The van der Waals surface area contributed by atoms with Gasteiger partial charge in [-0.2, -0.15) is 0 Å². The van der Waals surface area contributed by atoms with Crippen LogP contribution in [0.15, 0.2) is 48.5 Å². The van der Waals surface area contributed by atoms with Crippen molar-refractivity contribution in [2.45, 2.75) is 26.8 Å². The van der Waals surface area contributed by atoms with Gasteiger partial charge < -0.3 is 14.5 Å². The van der Waals surface area contributed by atoms with Crippen LogP contribution in [0.5, 0.6) is 5.75 Å². The number of nitrogens with zero attached hydrogens (tertiary/aromatic N) is 2. The van der Waals surface area contributed by atoms with Crippen molar-refractivity contribution in [3.63, 3.8) is 0 Å². The fourth-order valence-electron chi connectivity index (χ4n) is 3.35. The highest BCUT2D eigenvalue weighted by Gasteiger charge is 2.30. The smallest absolute Gasteiger partial charge is 0.258 e. The summed E-state index contributed by atoms with van der Waals surface area (Å²) in [6, 6.07) is 15.8. The first-order valence-corrected chi connectivity index (χ1v) is 8.56. The summed E-state index contributed by atoms with van der Waals surface area (Å²) in [7, 11) is 0. The largest absolute Gasteiger partial charge is 0.494 e. The molecule has 4 nitrogen and oxygen atoms in total. The molecule has 24 heavy (non-hydrogen) atoms. The highest BCUT2D eigenvalue weighted by Crippen LogP contribution is 2.36. The third-order valence-corrected chi connectivity index (χ3v) is 4.44. The van der Waals surface area contributed by atoms with E-state index in [0.29, 0.717) is 18.7 Å². The van der Waals surface area contributed by atoms with Crippen LogP contribution in [-0.4, -0.2) is 31.6 Å². The third-order valence-electron chi connectivity index (χ3n) is 4.44. The molecule has 2 aromatic rings. The van der Waals surface area contributed by atoms with Gasteiger partial charge in [0.1, 0.15) is 5.75 Å². The van der Waals surface area contributed by atoms with Gasteiger partial charge in [-0.05, 0) is 51.1 Å². The lowest BCUT2D eigenvalue weighted by Gasteiger charge is -2.42. The van der Waals surface area contributed by atoms with Gasteiger partial charge in [-0.1, -0.05) is 18.2 Å². The second-order valence-corrected chi connectivity index (χ2v) is 6.00. The number of likely N-dealkylation sites (N-methyl/N-ethyl adjacent to an activating group) is 1. The van der Waals surface area contributed by atoms with E-state index in [1.807, 2.05) is 54.3 Å². The van der Waals surface area contributed by atoms with Crippen LogP contribution in [0.3, 0.4) is 0 Å². The summed E-state index contributed by atoms with van der Waals surface area (Å²) >= 11 is 0. The maximum atomic E-state index is 13.1. The van der Waals surface area contributed by atoms with Crippen LogP contribution in [0.4, 0.5) is 11.4 Å². The quantitative estimate of drug-likeness (QED) is 0.853. The minimum atomic E-state index is 0.0200. The van der Waals surface area contributed by atoms with Gasteiger partial charge in [0, 0.05) is 24.7 Å². The van der Waals surface area contributed by atoms with Crippen LogP contribution >= 0.6 is 0 Å². The zero-order chi connectivity index (χ0) is 17.1. The number of rotatable bonds is 4. The molecule has 2 aromatic carbocycles. The van der Waals surface area contributed by atoms with Crippen molar-refractivity contribution in [1.82, 2.24) is 0 Å². The highest BCUT2D eigenvalue weighted by molar-refractivity contribution is 6.08. The Bertz CT molecular complexity index is 729. The van der Waals surface area contributed by atoms with E-state index in [4.69, 9.17) is 4.74 Å². The maximum Gasteiger partial charge on any atom is 0.258 e. The molecule has 3 rings (SSSR count). The van der Waals surface area contributed by atoms with E-state index in [-0.39, 0.29) is 11.9 Å². The second kappa shape index (κ2) is 6.95. The van der Waals surface area contributed by atoms with Gasteiger partial charge in [-0.3, -0.25) is 4.79 Å². The van der Waals surface area contributed by atoms with Crippen LogP contribution in [0.25, 0.3) is 0 Å². The van der Waals surface area contributed by atoms with Crippen LogP contribution in [0.2, 0.25) is 0 Å². The Kier molecular flexibility index (Phi) is 4.74. The molecular weight excluding hydrogens is 300 g/mol. The number of hydrogen-bond donors (Lipinski definition) is 0. The molecule has 126 valence electrons. The Morgan fingerprint density at radius 1 is 1.12 bits per heavy atom. The van der Waals surface area contributed by atoms with Crippen LogP contribution < -0.4 is 14.5 Å². The fraction of sp³-hybridized carbons (Fsp3) is 0.350. The van der Waals surface area contributed by atoms with Crippen molar-refractivity contribution in [2.75, 3.05) is 29.5 Å². The Hall–Kier alpha value is -2.49. The zero-order valence-corrected chi connectivity index (χ0v) is 14.5. The molecule has 0 radical (unpaired) electrons. The standard InChI is InChI=1S/C20H24N2O2/c1-4-21-15(3)14-22(19-12-7-6-11-18(19)21)20(23)16-9-8-10-17(13-16)24-5-2/h6-13,15H,4-5,14H2,1-3H3. The Morgan fingerprint density at radius 3 is 2.58 bits per heavy atom. The third kappa shape index (κ3) is 2.96. The van der Waals surface area contributed by atoms with Crippen molar-refractivity contribution >= 4 is 17.3 Å². The van der Waals surface area contributed by atoms with Crippen LogP contribution in [-0.2, 0) is 0 Å². The molecule has 1 atom stereocenters. The van der Waals surface area contributed by atoms with E-state index in [0.717, 1.165) is 23.7 Å². The summed E-state index contributed by atoms with van der Waals surface area (Å²) in [5, 5.41) is 0. The van der Waals surface area contributed by atoms with Gasteiger partial charge >= 0.3 is 0 Å². The number of carbonyl (C=O) groups excluding carboxylic acids is 1. The lowest BCUT2D eigenvalue weighted by molar-refractivity contribution is 0.0983. The summed E-state index contributed by atoms with van der Waals surface area (Å²) in [5.74, 6) is 0.753. The minimum Gasteiger partial charge on any atom is -0.494 e. The lowest BCUT2D eigenvalue weighted by Crippen LogP contribution is -2.49. The summed E-state index contributed by atoms with van der Waals surface area (Å²) in [6.45, 7) is 8.46. The minimum absolute atomic E-state index is 0.0200. The van der Waals surface area contributed by atoms with E-state index >= 15 is 0 Å². The number of fused-ring (bicyclic) bond motifs is 1. The van der Waals surface area contributed by atoms with Gasteiger partial charge in [0.15, 0.2) is 0 Å². The number of para-hydroxylation sites is 2. The molecule has 1 amide bonds. The first-order valence-electron chi connectivity index (χ1n) is 8.56. The van der Waals surface area contributed by atoms with Gasteiger partial charge in [0.25, 0.3) is 5.91 Å². The lowest BCUT2D eigenvalue weighted by atomic mass is 10.1. The Labute approximate surface area is 143 Å². The molecule has 0 bridgehead atoms. The molecule has 0 spiro atoms. The van der Waals surface area contributed by atoms with Crippen molar-refractivity contribution < 1.29 is 9.53 Å². The number of ether oxygens (including phenoxy) is 1. The van der Waals surface area contributed by atoms with E-state index in [1.54, 1.807) is 0 Å². The van der Waals surface area contributed by atoms with Gasteiger partial charge in [-0.25, -0.2) is 0 Å². The summed E-state index contributed by atoms with van der Waals surface area (Å²) in [4.78, 5) is 17.3.